The lowest BCUT2D eigenvalue weighted by atomic mass is 10.0. The average molecular weight is 278 g/mol. The van der Waals surface area contributed by atoms with E-state index in [1.807, 2.05) is 20.8 Å². The molecule has 1 rings (SSSR count). The number of aromatic carboxylic acids is 1. The summed E-state index contributed by atoms with van der Waals surface area (Å²) in [5, 5.41) is 14.7. The molecule has 0 aromatic heterocycles. The van der Waals surface area contributed by atoms with Crippen LogP contribution in [0.15, 0.2) is 24.3 Å². The Morgan fingerprint density at radius 3 is 2.50 bits per heavy atom. The van der Waals surface area contributed by atoms with Crippen LogP contribution in [-0.2, 0) is 6.42 Å². The molecule has 20 heavy (non-hydrogen) atoms. The van der Waals surface area contributed by atoms with E-state index in [1.165, 1.54) is 0 Å². The maximum Gasteiger partial charge on any atom is 0.335 e. The number of urea groups is 1. The van der Waals surface area contributed by atoms with Crippen LogP contribution in [0, 0.1) is 0 Å². The highest BCUT2D eigenvalue weighted by Crippen LogP contribution is 2.09. The zero-order valence-electron chi connectivity index (χ0n) is 12.2. The van der Waals surface area contributed by atoms with Crippen LogP contribution in [0.25, 0.3) is 0 Å². The van der Waals surface area contributed by atoms with E-state index in [0.29, 0.717) is 13.0 Å². The first-order valence-electron chi connectivity index (χ1n) is 6.73. The van der Waals surface area contributed by atoms with Crippen LogP contribution in [0.3, 0.4) is 0 Å². The zero-order valence-corrected chi connectivity index (χ0v) is 12.2. The SMILES string of the molecule is CCC(C)(C)NC(=O)NCCc1ccccc1C(=O)O. The van der Waals surface area contributed by atoms with Gasteiger partial charge < -0.3 is 15.7 Å². The van der Waals surface area contributed by atoms with Crippen molar-refractivity contribution in [1.82, 2.24) is 10.6 Å². The lowest BCUT2D eigenvalue weighted by molar-refractivity contribution is 0.0695. The Morgan fingerprint density at radius 1 is 1.25 bits per heavy atom. The molecule has 0 unspecified atom stereocenters. The van der Waals surface area contributed by atoms with Gasteiger partial charge in [0.05, 0.1) is 5.56 Å². The summed E-state index contributed by atoms with van der Waals surface area (Å²) < 4.78 is 0. The third-order valence-electron chi connectivity index (χ3n) is 3.26. The molecule has 3 N–H and O–H groups in total. The normalized spacial score (nSPS) is 10.9. The number of nitrogens with one attached hydrogen (secondary N) is 2. The van der Waals surface area contributed by atoms with E-state index in [0.717, 1.165) is 12.0 Å². The molecule has 0 heterocycles. The van der Waals surface area contributed by atoms with Gasteiger partial charge in [-0.25, -0.2) is 9.59 Å². The Balaban J connectivity index is 2.49. The molecule has 2 amide bonds. The van der Waals surface area contributed by atoms with Gasteiger partial charge >= 0.3 is 12.0 Å². The number of carboxylic acids is 1. The molecule has 0 aliphatic rings. The molecule has 0 spiro atoms. The number of hydrogen-bond donors (Lipinski definition) is 3. The molecule has 0 saturated heterocycles. The van der Waals surface area contributed by atoms with Crippen LogP contribution < -0.4 is 10.6 Å². The minimum Gasteiger partial charge on any atom is -0.478 e. The van der Waals surface area contributed by atoms with Crippen molar-refractivity contribution in [3.63, 3.8) is 0 Å². The lowest BCUT2D eigenvalue weighted by Crippen LogP contribution is -2.48. The summed E-state index contributed by atoms with van der Waals surface area (Å²) in [6.07, 6.45) is 1.32. The largest absolute Gasteiger partial charge is 0.478 e. The zero-order chi connectivity index (χ0) is 15.2. The topological polar surface area (TPSA) is 78.4 Å². The van der Waals surface area contributed by atoms with Crippen LogP contribution in [-0.4, -0.2) is 29.2 Å². The first kappa shape index (κ1) is 16.0. The van der Waals surface area contributed by atoms with Gasteiger partial charge in [-0.15, -0.1) is 0 Å². The van der Waals surface area contributed by atoms with Crippen molar-refractivity contribution < 1.29 is 14.7 Å². The fourth-order valence-corrected chi connectivity index (χ4v) is 1.70. The number of benzene rings is 1. The van der Waals surface area contributed by atoms with E-state index in [9.17, 15) is 9.59 Å². The first-order valence-corrected chi connectivity index (χ1v) is 6.73. The van der Waals surface area contributed by atoms with Gasteiger partial charge in [0.1, 0.15) is 0 Å². The van der Waals surface area contributed by atoms with Gasteiger partial charge in [-0.1, -0.05) is 25.1 Å². The quantitative estimate of drug-likeness (QED) is 0.747. The second kappa shape index (κ2) is 6.93. The summed E-state index contributed by atoms with van der Waals surface area (Å²) in [6.45, 7) is 6.30. The number of carbonyl (C=O) groups is 2. The van der Waals surface area contributed by atoms with Crippen molar-refractivity contribution in [1.29, 1.82) is 0 Å². The molecule has 1 aromatic carbocycles. The molecule has 0 aliphatic carbocycles. The van der Waals surface area contributed by atoms with Crippen molar-refractivity contribution >= 4 is 12.0 Å². The third-order valence-corrected chi connectivity index (χ3v) is 3.26. The summed E-state index contributed by atoms with van der Waals surface area (Å²) >= 11 is 0. The van der Waals surface area contributed by atoms with Gasteiger partial charge in [-0.05, 0) is 38.3 Å². The van der Waals surface area contributed by atoms with E-state index in [2.05, 4.69) is 10.6 Å². The fourth-order valence-electron chi connectivity index (χ4n) is 1.70. The summed E-state index contributed by atoms with van der Waals surface area (Å²) in [5.74, 6) is -0.947. The van der Waals surface area contributed by atoms with Gasteiger partial charge in [0.15, 0.2) is 0 Å². The molecule has 0 radical (unpaired) electrons. The van der Waals surface area contributed by atoms with E-state index in [4.69, 9.17) is 5.11 Å². The highest BCUT2D eigenvalue weighted by Gasteiger charge is 2.17. The van der Waals surface area contributed by atoms with Crippen LogP contribution in [0.5, 0.6) is 0 Å². The average Bonchev–Trinajstić information content (AvgIpc) is 2.38. The Hall–Kier alpha value is -2.04. The van der Waals surface area contributed by atoms with Crippen molar-refractivity contribution in [3.8, 4) is 0 Å². The molecule has 5 heteroatoms. The van der Waals surface area contributed by atoms with Gasteiger partial charge in [0.2, 0.25) is 0 Å². The predicted octanol–water partition coefficient (Wildman–Crippen LogP) is 2.42. The molecule has 0 fully saturated rings. The Morgan fingerprint density at radius 2 is 1.90 bits per heavy atom. The summed E-state index contributed by atoms with van der Waals surface area (Å²) in [5.41, 5.74) is 0.752. The molecule has 110 valence electrons. The van der Waals surface area contributed by atoms with E-state index in [1.54, 1.807) is 24.3 Å². The van der Waals surface area contributed by atoms with Crippen LogP contribution in [0.1, 0.15) is 43.1 Å². The summed E-state index contributed by atoms with van der Waals surface area (Å²) in [6, 6.07) is 6.58. The Bertz CT molecular complexity index is 484. The van der Waals surface area contributed by atoms with Gasteiger partial charge in [-0.3, -0.25) is 0 Å². The summed E-state index contributed by atoms with van der Waals surface area (Å²) in [4.78, 5) is 22.7. The van der Waals surface area contributed by atoms with E-state index in [-0.39, 0.29) is 17.1 Å². The number of hydrogen-bond acceptors (Lipinski definition) is 2. The molecule has 0 bridgehead atoms. The maximum absolute atomic E-state index is 11.7. The Kier molecular flexibility index (Phi) is 5.55. The highest BCUT2D eigenvalue weighted by molar-refractivity contribution is 5.89. The van der Waals surface area contributed by atoms with Crippen molar-refractivity contribution in [2.24, 2.45) is 0 Å². The molecule has 5 nitrogen and oxygen atoms in total. The molecular weight excluding hydrogens is 256 g/mol. The summed E-state index contributed by atoms with van der Waals surface area (Å²) in [7, 11) is 0. The Labute approximate surface area is 119 Å². The smallest absolute Gasteiger partial charge is 0.335 e. The fraction of sp³-hybridized carbons (Fsp3) is 0.467. The standard InChI is InChI=1S/C15H22N2O3/c1-4-15(2,3)17-14(20)16-10-9-11-7-5-6-8-12(11)13(18)19/h5-8H,4,9-10H2,1-3H3,(H,18,19)(H2,16,17,20). The molecular formula is C15H22N2O3. The van der Waals surface area contributed by atoms with Gasteiger partial charge in [0.25, 0.3) is 0 Å². The first-order chi connectivity index (χ1) is 9.35. The van der Waals surface area contributed by atoms with Crippen LogP contribution in [0.4, 0.5) is 4.79 Å². The van der Waals surface area contributed by atoms with Crippen molar-refractivity contribution in [2.45, 2.75) is 39.2 Å². The number of carbonyl (C=O) groups excluding carboxylic acids is 1. The highest BCUT2D eigenvalue weighted by atomic mass is 16.4. The van der Waals surface area contributed by atoms with Gasteiger partial charge in [-0.2, -0.15) is 0 Å². The predicted molar refractivity (Wildman–Crippen MR) is 78.0 cm³/mol. The number of carboxylic acid groups (broad SMARTS) is 1. The van der Waals surface area contributed by atoms with Gasteiger partial charge in [0, 0.05) is 12.1 Å². The third kappa shape index (κ3) is 4.91. The second-order valence-electron chi connectivity index (χ2n) is 5.33. The second-order valence-corrected chi connectivity index (χ2v) is 5.33. The monoisotopic (exact) mass is 278 g/mol. The number of rotatable bonds is 6. The van der Waals surface area contributed by atoms with E-state index >= 15 is 0 Å². The minimum absolute atomic E-state index is 0.232. The molecule has 1 aromatic rings. The number of amides is 2. The van der Waals surface area contributed by atoms with E-state index < -0.39 is 5.97 Å². The van der Waals surface area contributed by atoms with Crippen LogP contribution in [0.2, 0.25) is 0 Å². The lowest BCUT2D eigenvalue weighted by Gasteiger charge is -2.24. The maximum atomic E-state index is 11.7. The van der Waals surface area contributed by atoms with Crippen molar-refractivity contribution in [3.05, 3.63) is 35.4 Å². The van der Waals surface area contributed by atoms with Crippen LogP contribution >= 0.6 is 0 Å². The molecule has 0 atom stereocenters. The molecule has 0 aliphatic heterocycles. The van der Waals surface area contributed by atoms with Crippen molar-refractivity contribution in [2.75, 3.05) is 6.54 Å². The molecule has 0 saturated carbocycles. The minimum atomic E-state index is -0.947.